The molecule has 1 heteroatoms. The van der Waals surface area contributed by atoms with Gasteiger partial charge in [-0.05, 0) is 38.6 Å². The van der Waals surface area contributed by atoms with Gasteiger partial charge in [-0.3, -0.25) is 0 Å². The van der Waals surface area contributed by atoms with E-state index in [-0.39, 0.29) is 5.54 Å². The first-order valence-electron chi connectivity index (χ1n) is 4.36. The zero-order chi connectivity index (χ0) is 9.90. The van der Waals surface area contributed by atoms with Gasteiger partial charge in [-0.25, -0.2) is 0 Å². The Bertz CT molecular complexity index is 331. The number of hydrogen-bond donors (Lipinski definition) is 1. The highest BCUT2D eigenvalue weighted by molar-refractivity contribution is 5.37. The molecule has 1 nitrogen and oxygen atoms in total. The van der Waals surface area contributed by atoms with E-state index in [2.05, 4.69) is 31.2 Å². The van der Waals surface area contributed by atoms with E-state index in [1.165, 1.54) is 5.56 Å². The quantitative estimate of drug-likeness (QED) is 0.675. The molecule has 0 bridgehead atoms. The lowest BCUT2D eigenvalue weighted by molar-refractivity contribution is 0.444. The van der Waals surface area contributed by atoms with E-state index in [4.69, 9.17) is 6.42 Å². The zero-order valence-corrected chi connectivity index (χ0v) is 8.39. The van der Waals surface area contributed by atoms with Gasteiger partial charge in [-0.2, -0.15) is 0 Å². The van der Waals surface area contributed by atoms with Gasteiger partial charge >= 0.3 is 0 Å². The largest absolute Gasteiger partial charge is 0.311 e. The molecule has 1 rings (SSSR count). The van der Waals surface area contributed by atoms with Gasteiger partial charge < -0.3 is 5.32 Å². The highest BCUT2D eigenvalue weighted by Gasteiger charge is 2.16. The Labute approximate surface area is 80.2 Å². The molecular formula is C12H15N. The number of benzene rings is 1. The minimum absolute atomic E-state index is 0.0210. The van der Waals surface area contributed by atoms with Gasteiger partial charge in [0.1, 0.15) is 0 Å². The maximum atomic E-state index is 5.33. The zero-order valence-electron chi connectivity index (χ0n) is 8.39. The molecule has 0 atom stereocenters. The molecule has 0 spiro atoms. The Balaban J connectivity index is 3.10. The summed E-state index contributed by atoms with van der Waals surface area (Å²) >= 11 is 0. The second-order valence-electron chi connectivity index (χ2n) is 3.60. The Hall–Kier alpha value is -1.26. The van der Waals surface area contributed by atoms with Crippen LogP contribution < -0.4 is 5.32 Å². The fraction of sp³-hybridized carbons (Fsp3) is 0.333. The van der Waals surface area contributed by atoms with Crippen LogP contribution in [0.1, 0.15) is 25.0 Å². The van der Waals surface area contributed by atoms with Gasteiger partial charge in [-0.15, -0.1) is 6.42 Å². The molecule has 0 aliphatic rings. The first-order valence-corrected chi connectivity index (χ1v) is 4.36. The first kappa shape index (κ1) is 9.83. The maximum Gasteiger partial charge on any atom is 0.0375 e. The van der Waals surface area contributed by atoms with Crippen molar-refractivity contribution in [2.24, 2.45) is 0 Å². The summed E-state index contributed by atoms with van der Waals surface area (Å²) in [6.45, 7) is 4.26. The predicted molar refractivity (Wildman–Crippen MR) is 56.5 cm³/mol. The number of rotatable bonds is 2. The second kappa shape index (κ2) is 3.64. The van der Waals surface area contributed by atoms with Crippen molar-refractivity contribution < 1.29 is 0 Å². The molecule has 0 aliphatic carbocycles. The average Bonchev–Trinajstić information content (AvgIpc) is 2.18. The van der Waals surface area contributed by atoms with Crippen LogP contribution in [-0.4, -0.2) is 7.05 Å². The van der Waals surface area contributed by atoms with Crippen molar-refractivity contribution in [3.05, 3.63) is 35.4 Å². The SMILES string of the molecule is C#Cc1cccc(C(C)(C)NC)c1. The Morgan fingerprint density at radius 3 is 2.62 bits per heavy atom. The fourth-order valence-electron chi connectivity index (χ4n) is 1.14. The van der Waals surface area contributed by atoms with Crippen LogP contribution in [0, 0.1) is 12.3 Å². The molecule has 0 aliphatic heterocycles. The van der Waals surface area contributed by atoms with E-state index in [0.717, 1.165) is 5.56 Å². The van der Waals surface area contributed by atoms with Crippen LogP contribution in [-0.2, 0) is 5.54 Å². The molecule has 1 aromatic rings. The van der Waals surface area contributed by atoms with Crippen LogP contribution in [0.2, 0.25) is 0 Å². The molecule has 68 valence electrons. The molecule has 13 heavy (non-hydrogen) atoms. The lowest BCUT2D eigenvalue weighted by Gasteiger charge is -2.24. The molecule has 1 N–H and O–H groups in total. The number of terminal acetylenes is 1. The fourth-order valence-corrected chi connectivity index (χ4v) is 1.14. The van der Waals surface area contributed by atoms with Crippen LogP contribution in [0.3, 0.4) is 0 Å². The van der Waals surface area contributed by atoms with Gasteiger partial charge in [0.25, 0.3) is 0 Å². The highest BCUT2D eigenvalue weighted by Crippen LogP contribution is 2.19. The first-order chi connectivity index (χ1) is 6.10. The molecule has 1 aromatic carbocycles. The molecule has 0 aromatic heterocycles. The van der Waals surface area contributed by atoms with Crippen LogP contribution >= 0.6 is 0 Å². The van der Waals surface area contributed by atoms with Crippen LogP contribution in [0.15, 0.2) is 24.3 Å². The minimum atomic E-state index is -0.0210. The maximum absolute atomic E-state index is 5.33. The summed E-state index contributed by atoms with van der Waals surface area (Å²) in [5, 5.41) is 3.24. The predicted octanol–water partition coefficient (Wildman–Crippen LogP) is 2.12. The van der Waals surface area contributed by atoms with Crippen molar-refractivity contribution in [2.75, 3.05) is 7.05 Å². The normalized spacial score (nSPS) is 10.9. The third kappa shape index (κ3) is 2.11. The lowest BCUT2D eigenvalue weighted by atomic mass is 9.93. The van der Waals surface area contributed by atoms with Crippen molar-refractivity contribution in [2.45, 2.75) is 19.4 Å². The van der Waals surface area contributed by atoms with Crippen molar-refractivity contribution >= 4 is 0 Å². The van der Waals surface area contributed by atoms with E-state index in [0.29, 0.717) is 0 Å². The second-order valence-corrected chi connectivity index (χ2v) is 3.60. The van der Waals surface area contributed by atoms with Crippen molar-refractivity contribution in [3.8, 4) is 12.3 Å². The summed E-state index contributed by atoms with van der Waals surface area (Å²) in [6.07, 6.45) is 5.33. The van der Waals surface area contributed by atoms with Gasteiger partial charge in [-0.1, -0.05) is 18.1 Å². The highest BCUT2D eigenvalue weighted by atomic mass is 14.9. The van der Waals surface area contributed by atoms with Crippen molar-refractivity contribution in [1.82, 2.24) is 5.32 Å². The monoisotopic (exact) mass is 173 g/mol. The lowest BCUT2D eigenvalue weighted by Crippen LogP contribution is -2.33. The molecule has 0 radical (unpaired) electrons. The van der Waals surface area contributed by atoms with Gasteiger partial charge in [0, 0.05) is 11.1 Å². The van der Waals surface area contributed by atoms with Gasteiger partial charge in [0.05, 0.1) is 0 Å². The third-order valence-corrected chi connectivity index (χ3v) is 2.38. The average molecular weight is 173 g/mol. The topological polar surface area (TPSA) is 12.0 Å². The van der Waals surface area contributed by atoms with E-state index in [1.54, 1.807) is 0 Å². The summed E-state index contributed by atoms with van der Waals surface area (Å²) in [5.74, 6) is 2.64. The molecule has 0 unspecified atom stereocenters. The van der Waals surface area contributed by atoms with E-state index >= 15 is 0 Å². The summed E-state index contributed by atoms with van der Waals surface area (Å²) < 4.78 is 0. The van der Waals surface area contributed by atoms with Crippen molar-refractivity contribution in [3.63, 3.8) is 0 Å². The molecule has 0 saturated heterocycles. The molecular weight excluding hydrogens is 158 g/mol. The van der Waals surface area contributed by atoms with Crippen LogP contribution in [0.4, 0.5) is 0 Å². The summed E-state index contributed by atoms with van der Waals surface area (Å²) in [4.78, 5) is 0. The Morgan fingerprint density at radius 1 is 1.38 bits per heavy atom. The third-order valence-electron chi connectivity index (χ3n) is 2.38. The molecule has 0 amide bonds. The van der Waals surface area contributed by atoms with Crippen LogP contribution in [0.25, 0.3) is 0 Å². The molecule has 0 heterocycles. The smallest absolute Gasteiger partial charge is 0.0375 e. The van der Waals surface area contributed by atoms with E-state index < -0.39 is 0 Å². The summed E-state index contributed by atoms with van der Waals surface area (Å²) in [7, 11) is 1.95. The molecule has 0 saturated carbocycles. The summed E-state index contributed by atoms with van der Waals surface area (Å²) in [5.41, 5.74) is 2.12. The van der Waals surface area contributed by atoms with Gasteiger partial charge in [0.15, 0.2) is 0 Å². The Morgan fingerprint density at radius 2 is 2.08 bits per heavy atom. The van der Waals surface area contributed by atoms with Crippen molar-refractivity contribution in [1.29, 1.82) is 0 Å². The standard InChI is InChI=1S/C12H15N/c1-5-10-7-6-8-11(9-10)12(2,3)13-4/h1,6-9,13H,2-4H3. The van der Waals surface area contributed by atoms with E-state index in [9.17, 15) is 0 Å². The molecule has 0 fully saturated rings. The van der Waals surface area contributed by atoms with Crippen LogP contribution in [0.5, 0.6) is 0 Å². The summed E-state index contributed by atoms with van der Waals surface area (Å²) in [6, 6.07) is 8.05. The van der Waals surface area contributed by atoms with E-state index in [1.807, 2.05) is 25.2 Å². The minimum Gasteiger partial charge on any atom is -0.311 e. The van der Waals surface area contributed by atoms with Gasteiger partial charge in [0.2, 0.25) is 0 Å². The number of hydrogen-bond acceptors (Lipinski definition) is 1. The Kier molecular flexibility index (Phi) is 2.75. The number of nitrogens with one attached hydrogen (secondary N) is 1.